The van der Waals surface area contributed by atoms with Crippen LogP contribution in [-0.2, 0) is 5.67 Å². The van der Waals surface area contributed by atoms with Crippen molar-refractivity contribution < 1.29 is 26.3 Å². The minimum Gasteiger partial charge on any atom is -0.222 e. The van der Waals surface area contributed by atoms with Gasteiger partial charge in [0.25, 0.3) is 12.1 Å². The van der Waals surface area contributed by atoms with Crippen LogP contribution in [0.1, 0.15) is 5.56 Å². The molecule has 1 rings (SSSR count). The zero-order valence-electron chi connectivity index (χ0n) is 7.53. The average Bonchev–Trinajstić information content (AvgIpc) is 2.14. The van der Waals surface area contributed by atoms with Crippen LogP contribution in [0.2, 0.25) is 5.02 Å². The van der Waals surface area contributed by atoms with Gasteiger partial charge in [0.1, 0.15) is 0 Å². The summed E-state index contributed by atoms with van der Waals surface area (Å²) in [6.07, 6.45) is -9.92. The van der Waals surface area contributed by atoms with Gasteiger partial charge in [0.05, 0.1) is 0 Å². The number of hydrogen-bond acceptors (Lipinski definition) is 0. The van der Waals surface area contributed by atoms with E-state index in [0.29, 0.717) is 12.1 Å². The Labute approximate surface area is 91.8 Å². The normalized spacial score (nSPS) is 16.2. The summed E-state index contributed by atoms with van der Waals surface area (Å²) in [4.78, 5) is 0. The van der Waals surface area contributed by atoms with Gasteiger partial charge in [-0.3, -0.25) is 0 Å². The second kappa shape index (κ2) is 4.16. The Morgan fingerprint density at radius 3 is 2.00 bits per heavy atom. The Balaban J connectivity index is 3.34. The third-order valence-corrected chi connectivity index (χ3v) is 2.19. The van der Waals surface area contributed by atoms with Gasteiger partial charge in [-0.1, -0.05) is 23.7 Å². The molecule has 16 heavy (non-hydrogen) atoms. The molecule has 0 aliphatic rings. The number of rotatable bonds is 2. The maximum atomic E-state index is 13.4. The number of benzene rings is 1. The van der Waals surface area contributed by atoms with Crippen molar-refractivity contribution >= 4 is 11.6 Å². The van der Waals surface area contributed by atoms with Gasteiger partial charge in [-0.15, -0.1) is 0 Å². The zero-order chi connectivity index (χ0) is 12.6. The maximum Gasteiger partial charge on any atom is 0.432 e. The van der Waals surface area contributed by atoms with Crippen LogP contribution in [0.25, 0.3) is 0 Å². The van der Waals surface area contributed by atoms with Crippen LogP contribution < -0.4 is 0 Å². The van der Waals surface area contributed by atoms with Crippen molar-refractivity contribution in [3.8, 4) is 0 Å². The van der Waals surface area contributed by atoms with Crippen molar-refractivity contribution in [3.05, 3.63) is 34.9 Å². The van der Waals surface area contributed by atoms with Crippen molar-refractivity contribution in [2.24, 2.45) is 0 Å². The highest BCUT2D eigenvalue weighted by atomic mass is 35.5. The number of alkyl halides is 6. The van der Waals surface area contributed by atoms with Crippen molar-refractivity contribution in [2.45, 2.75) is 18.3 Å². The molecule has 0 nitrogen and oxygen atoms in total. The Hall–Kier alpha value is -0.910. The molecule has 0 radical (unpaired) electrons. The van der Waals surface area contributed by atoms with Crippen LogP contribution in [-0.4, -0.2) is 12.6 Å². The molecule has 0 bridgehead atoms. The third-order valence-electron chi connectivity index (χ3n) is 1.96. The Morgan fingerprint density at radius 1 is 1.06 bits per heavy atom. The molecule has 0 aliphatic heterocycles. The van der Waals surface area contributed by atoms with Gasteiger partial charge in [0, 0.05) is 10.6 Å². The summed E-state index contributed by atoms with van der Waals surface area (Å²) in [5.74, 6) is 0. The lowest BCUT2D eigenvalue weighted by Gasteiger charge is -2.27. The first-order valence-corrected chi connectivity index (χ1v) is 4.37. The van der Waals surface area contributed by atoms with Gasteiger partial charge < -0.3 is 0 Å². The van der Waals surface area contributed by atoms with Gasteiger partial charge in [-0.25, -0.2) is 13.2 Å². The van der Waals surface area contributed by atoms with E-state index in [0.717, 1.165) is 12.1 Å². The predicted molar refractivity (Wildman–Crippen MR) is 46.3 cm³/mol. The lowest BCUT2D eigenvalue weighted by atomic mass is 9.95. The van der Waals surface area contributed by atoms with E-state index in [2.05, 4.69) is 0 Å². The first kappa shape index (κ1) is 13.2. The molecular weight excluding hydrogens is 258 g/mol. The van der Waals surface area contributed by atoms with E-state index in [4.69, 9.17) is 11.6 Å². The van der Waals surface area contributed by atoms with E-state index >= 15 is 0 Å². The van der Waals surface area contributed by atoms with E-state index in [9.17, 15) is 26.3 Å². The molecule has 0 fully saturated rings. The molecule has 0 spiro atoms. The summed E-state index contributed by atoms with van der Waals surface area (Å²) >= 11 is 5.33. The molecule has 0 aliphatic carbocycles. The van der Waals surface area contributed by atoms with Crippen LogP contribution in [0.3, 0.4) is 0 Å². The van der Waals surface area contributed by atoms with Gasteiger partial charge in [0.2, 0.25) is 0 Å². The summed E-state index contributed by atoms with van der Waals surface area (Å²) in [6.45, 7) is 0. The smallest absolute Gasteiger partial charge is 0.222 e. The zero-order valence-corrected chi connectivity index (χ0v) is 8.29. The lowest BCUT2D eigenvalue weighted by molar-refractivity contribution is -0.274. The first-order valence-electron chi connectivity index (χ1n) is 3.99. The molecule has 1 unspecified atom stereocenters. The van der Waals surface area contributed by atoms with Crippen molar-refractivity contribution in [3.63, 3.8) is 0 Å². The molecule has 0 aromatic heterocycles. The molecule has 1 aromatic carbocycles. The van der Waals surface area contributed by atoms with E-state index < -0.39 is 23.8 Å². The topological polar surface area (TPSA) is 0 Å². The maximum absolute atomic E-state index is 13.4. The third kappa shape index (κ3) is 2.11. The standard InChI is InChI=1S/C9H5ClF6/c10-6-3-1-2-5(4-6)8(13,7(11)12)9(14,15)16/h1-4,7H. The molecule has 90 valence electrons. The highest BCUT2D eigenvalue weighted by Gasteiger charge is 2.63. The summed E-state index contributed by atoms with van der Waals surface area (Å²) in [7, 11) is 0. The second-order valence-electron chi connectivity index (χ2n) is 3.02. The predicted octanol–water partition coefficient (Wildman–Crippen LogP) is 4.33. The van der Waals surface area contributed by atoms with Crippen molar-refractivity contribution in [1.29, 1.82) is 0 Å². The van der Waals surface area contributed by atoms with Crippen LogP contribution in [0.15, 0.2) is 24.3 Å². The monoisotopic (exact) mass is 262 g/mol. The van der Waals surface area contributed by atoms with Crippen LogP contribution in [0.4, 0.5) is 26.3 Å². The molecule has 0 heterocycles. The molecular formula is C9H5ClF6. The van der Waals surface area contributed by atoms with Gasteiger partial charge >= 0.3 is 6.18 Å². The average molecular weight is 263 g/mol. The van der Waals surface area contributed by atoms with Gasteiger partial charge in [-0.05, 0) is 12.1 Å². The summed E-state index contributed by atoms with van der Waals surface area (Å²) in [5, 5.41) is -0.246. The first-order chi connectivity index (χ1) is 7.19. The quantitative estimate of drug-likeness (QED) is 0.696. The molecule has 1 aromatic rings. The minimum atomic E-state index is -5.70. The van der Waals surface area contributed by atoms with Gasteiger partial charge in [-0.2, -0.15) is 13.2 Å². The molecule has 0 saturated heterocycles. The second-order valence-corrected chi connectivity index (χ2v) is 3.46. The van der Waals surface area contributed by atoms with Crippen LogP contribution >= 0.6 is 11.6 Å². The lowest BCUT2D eigenvalue weighted by Crippen LogP contribution is -2.44. The van der Waals surface area contributed by atoms with Crippen molar-refractivity contribution in [1.82, 2.24) is 0 Å². The molecule has 0 N–H and O–H groups in total. The Kier molecular flexibility index (Phi) is 3.42. The summed E-state index contributed by atoms with van der Waals surface area (Å²) < 4.78 is 74.7. The fourth-order valence-electron chi connectivity index (χ4n) is 1.13. The Morgan fingerprint density at radius 2 is 1.62 bits per heavy atom. The van der Waals surface area contributed by atoms with Crippen LogP contribution in [0.5, 0.6) is 0 Å². The van der Waals surface area contributed by atoms with Gasteiger partial charge in [0.15, 0.2) is 0 Å². The highest BCUT2D eigenvalue weighted by Crippen LogP contribution is 2.47. The largest absolute Gasteiger partial charge is 0.432 e. The highest BCUT2D eigenvalue weighted by molar-refractivity contribution is 6.30. The fourth-order valence-corrected chi connectivity index (χ4v) is 1.32. The summed E-state index contributed by atoms with van der Waals surface area (Å²) in [5.41, 5.74) is -5.90. The van der Waals surface area contributed by atoms with Crippen LogP contribution in [0, 0.1) is 0 Å². The van der Waals surface area contributed by atoms with E-state index in [1.54, 1.807) is 0 Å². The molecule has 7 heteroatoms. The summed E-state index contributed by atoms with van der Waals surface area (Å²) in [6, 6.07) is 3.28. The number of halogens is 7. The molecule has 0 amide bonds. The minimum absolute atomic E-state index is 0.246. The molecule has 0 saturated carbocycles. The fraction of sp³-hybridized carbons (Fsp3) is 0.333. The van der Waals surface area contributed by atoms with Crippen molar-refractivity contribution in [2.75, 3.05) is 0 Å². The number of hydrogen-bond donors (Lipinski definition) is 0. The van der Waals surface area contributed by atoms with E-state index in [-0.39, 0.29) is 5.02 Å². The van der Waals surface area contributed by atoms with E-state index in [1.165, 1.54) is 0 Å². The molecule has 1 atom stereocenters. The Bertz CT molecular complexity index is 375. The SMILES string of the molecule is FC(F)C(F)(c1cccc(Cl)c1)C(F)(F)F. The van der Waals surface area contributed by atoms with E-state index in [1.807, 2.05) is 0 Å².